The highest BCUT2D eigenvalue weighted by Crippen LogP contribution is 2.47. The van der Waals surface area contributed by atoms with Crippen LogP contribution in [-0.2, 0) is 89.0 Å². The number of nitrogens with one attached hydrogen (secondary N) is 4. The van der Waals surface area contributed by atoms with Gasteiger partial charge in [0.1, 0.15) is 24.6 Å². The molecule has 0 saturated carbocycles. The summed E-state index contributed by atoms with van der Waals surface area (Å²) in [6, 6.07) is 25.9. The fraction of sp³-hybridized carbons (Fsp3) is 0.406. The summed E-state index contributed by atoms with van der Waals surface area (Å²) < 4.78 is 33.4. The third kappa shape index (κ3) is 13.8. The summed E-state index contributed by atoms with van der Waals surface area (Å²) in [6.45, 7) is 7.67. The average Bonchev–Trinajstić information content (AvgIpc) is 1.46. The highest BCUT2D eigenvalue weighted by Gasteiger charge is 2.46. The van der Waals surface area contributed by atoms with Crippen LogP contribution in [0.5, 0.6) is 0 Å². The Bertz CT molecular complexity index is 3900. The summed E-state index contributed by atoms with van der Waals surface area (Å²) in [5, 5.41) is 23.2. The molecule has 2 aliphatic carbocycles. The summed E-state index contributed by atoms with van der Waals surface area (Å²) in [6.07, 6.45) is -0.906. The third-order valence-electron chi connectivity index (χ3n) is 17.3. The van der Waals surface area contributed by atoms with Crippen molar-refractivity contribution in [1.29, 1.82) is 0 Å². The van der Waals surface area contributed by atoms with Crippen LogP contribution in [0.1, 0.15) is 154 Å². The summed E-state index contributed by atoms with van der Waals surface area (Å²) in [7, 11) is 0. The van der Waals surface area contributed by atoms with Crippen LogP contribution in [-0.4, -0.2) is 99.1 Å². The maximum atomic E-state index is 15.5. The molecule has 5 N–H and O–H groups in total. The molecule has 4 aliphatic rings. The smallest absolute Gasteiger partial charge is 0.343 e. The largest absolute Gasteiger partial charge is 0.465 e. The molecule has 0 unspecified atom stereocenters. The Morgan fingerprint density at radius 2 is 1.49 bits per heavy atom. The highest BCUT2D eigenvalue weighted by atomic mass is 19.1. The Morgan fingerprint density at radius 3 is 2.19 bits per heavy atom. The zero-order valence-electron chi connectivity index (χ0n) is 51.0. The number of benzene rings is 4. The molecule has 4 heterocycles. The molecule has 6 aromatic rings. The van der Waals surface area contributed by atoms with Gasteiger partial charge in [0.25, 0.3) is 5.56 Å². The highest BCUT2D eigenvalue weighted by molar-refractivity contribution is 5.96. The molecule has 2 aromatic heterocycles. The lowest BCUT2D eigenvalue weighted by atomic mass is 9.81. The number of amides is 4. The number of carbonyl (C=O) groups is 9. The molecule has 0 radical (unpaired) electrons. The number of hydrogen-bond donors (Lipinski definition) is 5. The van der Waals surface area contributed by atoms with E-state index in [0.717, 1.165) is 33.4 Å². The zero-order valence-corrected chi connectivity index (χ0v) is 51.0. The number of cyclic esters (lactones) is 1. The van der Waals surface area contributed by atoms with Crippen LogP contribution in [0, 0.1) is 18.7 Å². The van der Waals surface area contributed by atoms with E-state index in [-0.39, 0.29) is 101 Å². The minimum absolute atomic E-state index is 0.00155. The van der Waals surface area contributed by atoms with E-state index in [1.54, 1.807) is 71.0 Å². The van der Waals surface area contributed by atoms with E-state index in [0.29, 0.717) is 51.8 Å². The van der Waals surface area contributed by atoms with Crippen LogP contribution in [0.15, 0.2) is 95.8 Å². The number of aliphatic hydroxyl groups is 1. The normalized spacial score (nSPS) is 16.7. The van der Waals surface area contributed by atoms with Gasteiger partial charge in [-0.2, -0.15) is 0 Å². The fourth-order valence-electron chi connectivity index (χ4n) is 12.7. The molecule has 4 aromatic carbocycles. The molecule has 90 heavy (non-hydrogen) atoms. The summed E-state index contributed by atoms with van der Waals surface area (Å²) in [5.74, 6) is -7.36. The maximum Gasteiger partial charge on any atom is 0.343 e. The van der Waals surface area contributed by atoms with E-state index < -0.39 is 107 Å². The number of ether oxygens (including phenoxy) is 3. The van der Waals surface area contributed by atoms with E-state index in [9.17, 15) is 53.1 Å². The van der Waals surface area contributed by atoms with Gasteiger partial charge in [0, 0.05) is 67.1 Å². The van der Waals surface area contributed by atoms with Crippen molar-refractivity contribution in [3.05, 3.63) is 157 Å². The Hall–Kier alpha value is -9.24. The monoisotopic (exact) mass is 1230 g/mol. The number of ketones is 2. The lowest BCUT2D eigenvalue weighted by Gasteiger charge is -2.31. The molecule has 0 bridgehead atoms. The van der Waals surface area contributed by atoms with Crippen LogP contribution >= 0.6 is 0 Å². The average molecular weight is 1230 g/mol. The third-order valence-corrected chi connectivity index (χ3v) is 17.3. The minimum Gasteiger partial charge on any atom is -0.465 e. The first-order chi connectivity index (χ1) is 43.0. The van der Waals surface area contributed by atoms with Gasteiger partial charge in [-0.05, 0) is 110 Å². The van der Waals surface area contributed by atoms with Crippen LogP contribution < -0.4 is 26.8 Å². The van der Waals surface area contributed by atoms with Gasteiger partial charge in [0.15, 0.2) is 17.2 Å². The van der Waals surface area contributed by atoms with Crippen LogP contribution in [0.25, 0.3) is 33.4 Å². The van der Waals surface area contributed by atoms with E-state index >= 15 is 4.39 Å². The number of Topliss-reactive ketones (excluding diaryl/α,β-unsaturated/α-hetero) is 2. The SMILES string of the molecule is CC[C@@]1(O)C(=O)OCc2c1cc1n(c2=O)Cc2c-1nc1cc(F)c(C)c3c1c2[C@@H](NC(=O)CCCNC(=O)CCC(=O)[C@H](Cc1ccccc1)NC(=O)CCC(=O)CNC(=O)[C@@H](CC(=O)OCC1c2ccccc2-c2ccccc21)CC(=O)OC(C)(C)C)CC3. The van der Waals surface area contributed by atoms with Crippen molar-refractivity contribution in [1.82, 2.24) is 30.8 Å². The Morgan fingerprint density at radius 1 is 0.811 bits per heavy atom. The van der Waals surface area contributed by atoms with Gasteiger partial charge >= 0.3 is 17.9 Å². The summed E-state index contributed by atoms with van der Waals surface area (Å²) >= 11 is 0. The Balaban J connectivity index is 0.699. The van der Waals surface area contributed by atoms with E-state index in [2.05, 4.69) is 21.3 Å². The number of fused-ring (bicyclic) bond motifs is 8. The zero-order chi connectivity index (χ0) is 64.2. The molecule has 0 fully saturated rings. The van der Waals surface area contributed by atoms with E-state index in [1.165, 1.54) is 10.6 Å². The molecule has 4 atom stereocenters. The second-order valence-corrected chi connectivity index (χ2v) is 24.6. The van der Waals surface area contributed by atoms with Crippen LogP contribution in [0.4, 0.5) is 4.39 Å². The molecule has 470 valence electrons. The van der Waals surface area contributed by atoms with Crippen molar-refractivity contribution < 1.29 is 66.9 Å². The number of rotatable bonds is 25. The summed E-state index contributed by atoms with van der Waals surface area (Å²) in [4.78, 5) is 139. The van der Waals surface area contributed by atoms with Gasteiger partial charge in [-0.15, -0.1) is 0 Å². The molecule has 2 aliphatic heterocycles. The quantitative estimate of drug-likeness (QED) is 0.0216. The van der Waals surface area contributed by atoms with Crippen molar-refractivity contribution >= 4 is 64.0 Å². The van der Waals surface area contributed by atoms with Gasteiger partial charge in [0.05, 0.1) is 66.4 Å². The summed E-state index contributed by atoms with van der Waals surface area (Å²) in [5.41, 5.74) is 5.36. The molecule has 21 heteroatoms. The van der Waals surface area contributed by atoms with Crippen LogP contribution in [0.2, 0.25) is 0 Å². The fourth-order valence-corrected chi connectivity index (χ4v) is 12.7. The lowest BCUT2D eigenvalue weighted by molar-refractivity contribution is -0.172. The number of halogens is 1. The first kappa shape index (κ1) is 63.8. The van der Waals surface area contributed by atoms with Crippen molar-refractivity contribution in [2.75, 3.05) is 19.7 Å². The number of hydrogen-bond acceptors (Lipinski definition) is 15. The topological polar surface area (TPSA) is 285 Å². The molecular formula is C69H73FN6O14. The first-order valence-corrected chi connectivity index (χ1v) is 30.6. The van der Waals surface area contributed by atoms with Crippen molar-refractivity contribution in [2.45, 2.75) is 154 Å². The minimum atomic E-state index is -2.05. The van der Waals surface area contributed by atoms with Gasteiger partial charge < -0.3 is 45.2 Å². The number of pyridine rings is 2. The lowest BCUT2D eigenvalue weighted by Crippen LogP contribution is -2.44. The first-order valence-electron chi connectivity index (χ1n) is 30.6. The molecular weight excluding hydrogens is 1160 g/mol. The van der Waals surface area contributed by atoms with E-state index in [4.69, 9.17) is 19.2 Å². The number of nitrogens with zero attached hydrogens (tertiary/aromatic N) is 2. The van der Waals surface area contributed by atoms with Gasteiger partial charge in [-0.1, -0.05) is 85.8 Å². The molecule has 0 saturated heterocycles. The van der Waals surface area contributed by atoms with Crippen molar-refractivity contribution in [3.63, 3.8) is 0 Å². The predicted octanol–water partition coefficient (Wildman–Crippen LogP) is 7.16. The Kier molecular flexibility index (Phi) is 19.0. The second-order valence-electron chi connectivity index (χ2n) is 24.6. The van der Waals surface area contributed by atoms with Crippen molar-refractivity contribution in [3.8, 4) is 22.5 Å². The number of aryl methyl sites for hydroxylation is 1. The number of esters is 3. The standard InChI is InChI=1S/C69H73FN6O14/c1-6-69(87)50-32-55-64-47(35-76(55)66(85)49(50)37-89-67(69)86)63-52(24-23-42-38(2)51(70)33-54(75-64)62(42)63)73-58(80)21-14-28-71-57(79)27-25-56(78)53(29-39-15-8-7-9-16-39)74-59(81)26-22-41(77)34-72-65(84)40(31-61(83)90-68(3,4)5)30-60(82)88-36-48-45-19-12-10-17-43(45)44-18-11-13-20-46(44)48/h7-13,15-20,32-33,40,48,52-53,87H,6,14,21-31,34-37H2,1-5H3,(H,71,79)(H,72,84)(H,73,80)(H,74,81)/t40-,52-,53-,69-/m0/s1. The Labute approximate surface area is 519 Å². The number of carbonyl (C=O) groups excluding carboxylic acids is 9. The second kappa shape index (κ2) is 26.8. The maximum absolute atomic E-state index is 15.5. The van der Waals surface area contributed by atoms with Crippen molar-refractivity contribution in [2.24, 2.45) is 5.92 Å². The molecule has 4 amide bonds. The van der Waals surface area contributed by atoms with Gasteiger partial charge in [-0.3, -0.25) is 43.2 Å². The van der Waals surface area contributed by atoms with Gasteiger partial charge in [0.2, 0.25) is 23.6 Å². The molecule has 0 spiro atoms. The number of aromatic nitrogens is 2. The van der Waals surface area contributed by atoms with E-state index in [1.807, 2.05) is 48.5 Å². The van der Waals surface area contributed by atoms with Crippen LogP contribution in [0.3, 0.4) is 0 Å². The molecule has 20 nitrogen and oxygen atoms in total. The predicted molar refractivity (Wildman–Crippen MR) is 327 cm³/mol. The molecule has 10 rings (SSSR count). The van der Waals surface area contributed by atoms with Gasteiger partial charge in [-0.25, -0.2) is 14.2 Å².